The summed E-state index contributed by atoms with van der Waals surface area (Å²) in [5.74, 6) is -0.937. The molecule has 1 aliphatic heterocycles. The van der Waals surface area contributed by atoms with Gasteiger partial charge in [0.15, 0.2) is 11.7 Å². The molecule has 4 heterocycles. The Kier molecular flexibility index (Phi) is 5.62. The van der Waals surface area contributed by atoms with Crippen molar-refractivity contribution >= 4 is 34.0 Å². The normalized spacial score (nSPS) is 20.1. The molecule has 2 atom stereocenters. The zero-order chi connectivity index (χ0) is 24.0. The Morgan fingerprint density at radius 1 is 1.26 bits per heavy atom. The first kappa shape index (κ1) is 22.5. The van der Waals surface area contributed by atoms with Crippen molar-refractivity contribution in [3.05, 3.63) is 51.9 Å². The van der Waals surface area contributed by atoms with Gasteiger partial charge in [-0.1, -0.05) is 6.42 Å². The van der Waals surface area contributed by atoms with Gasteiger partial charge in [-0.2, -0.15) is 18.3 Å². The van der Waals surface area contributed by atoms with Gasteiger partial charge in [0.2, 0.25) is 0 Å². The second kappa shape index (κ2) is 8.49. The Hall–Kier alpha value is -3.28. The number of halogens is 3. The van der Waals surface area contributed by atoms with Crippen LogP contribution in [0.15, 0.2) is 28.9 Å². The summed E-state index contributed by atoms with van der Waals surface area (Å²) >= 11 is 1.29. The highest BCUT2D eigenvalue weighted by Gasteiger charge is 2.47. The van der Waals surface area contributed by atoms with Gasteiger partial charge in [0.25, 0.3) is 11.8 Å². The second-order valence-corrected chi connectivity index (χ2v) is 9.56. The van der Waals surface area contributed by atoms with Crippen LogP contribution in [0.2, 0.25) is 0 Å². The Morgan fingerprint density at radius 2 is 2.06 bits per heavy atom. The van der Waals surface area contributed by atoms with Crippen LogP contribution in [-0.4, -0.2) is 27.8 Å². The average Bonchev–Trinajstić information content (AvgIpc) is 3.48. The number of aromatic nitrogens is 2. The molecule has 0 saturated heterocycles. The van der Waals surface area contributed by atoms with E-state index in [0.717, 1.165) is 40.8 Å². The van der Waals surface area contributed by atoms with Crippen molar-refractivity contribution < 1.29 is 27.2 Å². The molecule has 0 bridgehead atoms. The summed E-state index contributed by atoms with van der Waals surface area (Å²) in [5.41, 5.74) is 6.55. The number of anilines is 2. The number of nitrogens with one attached hydrogen (secondary N) is 2. The number of primary amides is 1. The SMILES string of the molecule is NC(=O)c1c(NC(=O)c2cc3n(n2)[C@H](C(F)(F)F)C[C@H](c2ccco2)N3)sc2c1CCCCC2. The van der Waals surface area contributed by atoms with E-state index in [1.165, 1.54) is 23.7 Å². The maximum absolute atomic E-state index is 13.8. The highest BCUT2D eigenvalue weighted by atomic mass is 32.1. The van der Waals surface area contributed by atoms with E-state index in [1.54, 1.807) is 12.1 Å². The smallest absolute Gasteiger partial charge is 0.410 e. The van der Waals surface area contributed by atoms with Gasteiger partial charge < -0.3 is 20.8 Å². The van der Waals surface area contributed by atoms with Crippen molar-refractivity contribution in [2.45, 2.75) is 56.8 Å². The fourth-order valence-electron chi connectivity index (χ4n) is 4.62. The third-order valence-corrected chi connectivity index (χ3v) is 7.41. The first-order valence-electron chi connectivity index (χ1n) is 10.9. The minimum Gasteiger partial charge on any atom is -0.467 e. The Labute approximate surface area is 196 Å². The zero-order valence-electron chi connectivity index (χ0n) is 17.9. The first-order chi connectivity index (χ1) is 16.2. The molecule has 8 nitrogen and oxygen atoms in total. The number of alkyl halides is 3. The summed E-state index contributed by atoms with van der Waals surface area (Å²) in [6, 6.07) is 1.81. The number of thiophene rings is 1. The molecular formula is C22H22F3N5O3S. The molecule has 0 spiro atoms. The Balaban J connectivity index is 1.45. The van der Waals surface area contributed by atoms with Crippen molar-refractivity contribution in [1.29, 1.82) is 0 Å². The molecule has 0 saturated carbocycles. The topological polar surface area (TPSA) is 115 Å². The standard InChI is InChI=1S/C22H22F3N5O3S/c23-22(24,25)16-9-12(14-6-4-8-33-14)27-17-10-13(29-30(16)17)20(32)28-21-18(19(26)31)11-5-2-1-3-7-15(11)34-21/h4,6,8,10,12,16,27H,1-3,5,7,9H2,(H2,26,31)(H,28,32)/t12-,16+/m1/s1. The zero-order valence-corrected chi connectivity index (χ0v) is 18.8. The molecule has 0 unspecified atom stereocenters. The summed E-state index contributed by atoms with van der Waals surface area (Å²) < 4.78 is 47.6. The summed E-state index contributed by atoms with van der Waals surface area (Å²) in [7, 11) is 0. The quantitative estimate of drug-likeness (QED) is 0.451. The van der Waals surface area contributed by atoms with E-state index in [0.29, 0.717) is 17.2 Å². The highest BCUT2D eigenvalue weighted by molar-refractivity contribution is 7.17. The van der Waals surface area contributed by atoms with Crippen LogP contribution in [0.25, 0.3) is 0 Å². The van der Waals surface area contributed by atoms with Gasteiger partial charge in [-0.3, -0.25) is 9.59 Å². The number of hydrogen-bond acceptors (Lipinski definition) is 6. The van der Waals surface area contributed by atoms with E-state index in [2.05, 4.69) is 15.7 Å². The number of nitrogens with zero attached hydrogens (tertiary/aromatic N) is 2. The lowest BCUT2D eigenvalue weighted by Crippen LogP contribution is -2.35. The summed E-state index contributed by atoms with van der Waals surface area (Å²) in [4.78, 5) is 26.2. The average molecular weight is 494 g/mol. The van der Waals surface area contributed by atoms with E-state index in [9.17, 15) is 22.8 Å². The summed E-state index contributed by atoms with van der Waals surface area (Å²) in [6.45, 7) is 0. The van der Waals surface area contributed by atoms with E-state index < -0.39 is 30.1 Å². The second-order valence-electron chi connectivity index (χ2n) is 8.45. The van der Waals surface area contributed by atoms with Crippen LogP contribution in [0, 0.1) is 0 Å². The predicted octanol–water partition coefficient (Wildman–Crippen LogP) is 4.82. The predicted molar refractivity (Wildman–Crippen MR) is 119 cm³/mol. The maximum atomic E-state index is 13.8. The van der Waals surface area contributed by atoms with Crippen LogP contribution in [0.5, 0.6) is 0 Å². The molecule has 12 heteroatoms. The van der Waals surface area contributed by atoms with Gasteiger partial charge in [-0.25, -0.2) is 4.68 Å². The molecule has 5 rings (SSSR count). The molecule has 0 fully saturated rings. The summed E-state index contributed by atoms with van der Waals surface area (Å²) in [5, 5.41) is 9.91. The Morgan fingerprint density at radius 3 is 2.76 bits per heavy atom. The van der Waals surface area contributed by atoms with E-state index in [-0.39, 0.29) is 23.5 Å². The largest absolute Gasteiger partial charge is 0.467 e. The van der Waals surface area contributed by atoms with Gasteiger partial charge in [-0.15, -0.1) is 11.3 Å². The van der Waals surface area contributed by atoms with E-state index in [1.807, 2.05) is 0 Å². The Bertz CT molecular complexity index is 1230. The van der Waals surface area contributed by atoms with Crippen molar-refractivity contribution in [2.24, 2.45) is 5.73 Å². The van der Waals surface area contributed by atoms with E-state index >= 15 is 0 Å². The first-order valence-corrected chi connectivity index (χ1v) is 11.8. The number of fused-ring (bicyclic) bond motifs is 2. The van der Waals surface area contributed by atoms with E-state index in [4.69, 9.17) is 10.2 Å². The third-order valence-electron chi connectivity index (χ3n) is 6.20. The van der Waals surface area contributed by atoms with Gasteiger partial charge in [0.1, 0.15) is 16.6 Å². The number of hydrogen-bond donors (Lipinski definition) is 3. The van der Waals surface area contributed by atoms with Gasteiger partial charge in [0.05, 0.1) is 17.9 Å². The number of amides is 2. The lowest BCUT2D eigenvalue weighted by Gasteiger charge is -2.32. The van der Waals surface area contributed by atoms with Crippen LogP contribution < -0.4 is 16.4 Å². The minimum atomic E-state index is -4.58. The fraction of sp³-hybridized carbons (Fsp3) is 0.409. The molecule has 180 valence electrons. The molecule has 0 aromatic carbocycles. The van der Waals surface area contributed by atoms with Crippen LogP contribution in [0.1, 0.15) is 74.8 Å². The van der Waals surface area contributed by atoms with Crippen LogP contribution in [-0.2, 0) is 12.8 Å². The molecular weight excluding hydrogens is 471 g/mol. The number of nitrogens with two attached hydrogens (primary N) is 1. The van der Waals surface area contributed by atoms with Crippen molar-refractivity contribution in [2.75, 3.05) is 10.6 Å². The number of rotatable bonds is 4. The molecule has 34 heavy (non-hydrogen) atoms. The molecule has 2 aliphatic rings. The molecule has 1 aliphatic carbocycles. The van der Waals surface area contributed by atoms with Crippen molar-refractivity contribution in [1.82, 2.24) is 9.78 Å². The monoisotopic (exact) mass is 493 g/mol. The molecule has 3 aromatic rings. The van der Waals surface area contributed by atoms with Crippen LogP contribution in [0.3, 0.4) is 0 Å². The molecule has 0 radical (unpaired) electrons. The van der Waals surface area contributed by atoms with Gasteiger partial charge in [0, 0.05) is 17.4 Å². The van der Waals surface area contributed by atoms with Crippen LogP contribution in [0.4, 0.5) is 24.0 Å². The molecule has 4 N–H and O–H groups in total. The summed E-state index contributed by atoms with van der Waals surface area (Å²) in [6.07, 6.45) is 0.921. The lowest BCUT2D eigenvalue weighted by molar-refractivity contribution is -0.174. The minimum absolute atomic E-state index is 0.0530. The van der Waals surface area contributed by atoms with Crippen LogP contribution >= 0.6 is 11.3 Å². The molecule has 3 aromatic heterocycles. The van der Waals surface area contributed by atoms with Crippen molar-refractivity contribution in [3.63, 3.8) is 0 Å². The van der Waals surface area contributed by atoms with Crippen molar-refractivity contribution in [3.8, 4) is 0 Å². The number of carbonyl (C=O) groups excluding carboxylic acids is 2. The highest BCUT2D eigenvalue weighted by Crippen LogP contribution is 2.44. The fourth-order valence-corrected chi connectivity index (χ4v) is 5.91. The number of furan rings is 1. The maximum Gasteiger partial charge on any atom is 0.410 e. The van der Waals surface area contributed by atoms with Gasteiger partial charge >= 0.3 is 6.18 Å². The number of carbonyl (C=O) groups is 2. The lowest BCUT2D eigenvalue weighted by atomic mass is 10.0. The number of aryl methyl sites for hydroxylation is 1. The molecule has 2 amide bonds. The third kappa shape index (κ3) is 4.06. The van der Waals surface area contributed by atoms with Gasteiger partial charge in [-0.05, 0) is 43.4 Å².